The molecule has 0 unspecified atom stereocenters. The van der Waals surface area contributed by atoms with Crippen LogP contribution in [0.25, 0.3) is 0 Å². The van der Waals surface area contributed by atoms with Gasteiger partial charge >= 0.3 is 0 Å². The Labute approximate surface area is 125 Å². The fourth-order valence-corrected chi connectivity index (χ4v) is 2.17. The van der Waals surface area contributed by atoms with E-state index in [4.69, 9.17) is 16.3 Å². The standard InChI is InChI=1S/C17H20ClNO/c1-2-12-20-17-9-8-15(13-16(17)18)19-11-10-14-6-4-3-5-7-14/h3-9,13,19H,2,10-12H2,1H3. The van der Waals surface area contributed by atoms with E-state index in [1.165, 1.54) is 5.56 Å². The topological polar surface area (TPSA) is 21.3 Å². The van der Waals surface area contributed by atoms with E-state index in [1.807, 2.05) is 24.3 Å². The highest BCUT2D eigenvalue weighted by Gasteiger charge is 2.02. The molecule has 2 rings (SSSR count). The van der Waals surface area contributed by atoms with Crippen molar-refractivity contribution in [3.8, 4) is 5.75 Å². The molecule has 0 aliphatic rings. The van der Waals surface area contributed by atoms with Crippen molar-refractivity contribution >= 4 is 17.3 Å². The predicted molar refractivity (Wildman–Crippen MR) is 85.9 cm³/mol. The minimum Gasteiger partial charge on any atom is -0.492 e. The van der Waals surface area contributed by atoms with Crippen LogP contribution < -0.4 is 10.1 Å². The van der Waals surface area contributed by atoms with E-state index in [-0.39, 0.29) is 0 Å². The van der Waals surface area contributed by atoms with E-state index in [0.29, 0.717) is 11.6 Å². The average Bonchev–Trinajstić information content (AvgIpc) is 2.47. The van der Waals surface area contributed by atoms with E-state index in [9.17, 15) is 0 Å². The molecule has 0 amide bonds. The van der Waals surface area contributed by atoms with Gasteiger partial charge < -0.3 is 10.1 Å². The van der Waals surface area contributed by atoms with Crippen LogP contribution in [0.3, 0.4) is 0 Å². The van der Waals surface area contributed by atoms with E-state index in [2.05, 4.69) is 36.5 Å². The van der Waals surface area contributed by atoms with Gasteiger partial charge in [-0.05, 0) is 36.6 Å². The van der Waals surface area contributed by atoms with Crippen molar-refractivity contribution in [3.63, 3.8) is 0 Å². The lowest BCUT2D eigenvalue weighted by molar-refractivity contribution is 0.317. The minimum atomic E-state index is 0.656. The van der Waals surface area contributed by atoms with Gasteiger partial charge in [-0.15, -0.1) is 0 Å². The van der Waals surface area contributed by atoms with Gasteiger partial charge in [0.1, 0.15) is 5.75 Å². The fraction of sp³-hybridized carbons (Fsp3) is 0.294. The number of hydrogen-bond acceptors (Lipinski definition) is 2. The maximum Gasteiger partial charge on any atom is 0.138 e. The summed E-state index contributed by atoms with van der Waals surface area (Å²) in [5.74, 6) is 0.752. The molecule has 0 aromatic heterocycles. The van der Waals surface area contributed by atoms with Crippen LogP contribution in [0, 0.1) is 0 Å². The summed E-state index contributed by atoms with van der Waals surface area (Å²) in [4.78, 5) is 0. The van der Waals surface area contributed by atoms with Crippen molar-refractivity contribution in [2.45, 2.75) is 19.8 Å². The first-order chi connectivity index (χ1) is 9.79. The molecule has 3 heteroatoms. The van der Waals surface area contributed by atoms with Crippen molar-refractivity contribution in [1.29, 1.82) is 0 Å². The normalized spacial score (nSPS) is 10.3. The second-order valence-electron chi connectivity index (χ2n) is 4.66. The summed E-state index contributed by atoms with van der Waals surface area (Å²) in [6.45, 7) is 3.66. The van der Waals surface area contributed by atoms with Crippen LogP contribution in [0.4, 0.5) is 5.69 Å². The Morgan fingerprint density at radius 2 is 1.90 bits per heavy atom. The maximum absolute atomic E-state index is 6.20. The Kier molecular flexibility index (Phi) is 5.75. The molecule has 0 spiro atoms. The molecule has 2 nitrogen and oxygen atoms in total. The smallest absolute Gasteiger partial charge is 0.138 e. The van der Waals surface area contributed by atoms with Crippen LogP contribution in [-0.4, -0.2) is 13.2 Å². The van der Waals surface area contributed by atoms with Crippen LogP contribution >= 0.6 is 11.6 Å². The van der Waals surface area contributed by atoms with Crippen LogP contribution in [0.2, 0.25) is 5.02 Å². The van der Waals surface area contributed by atoms with Crippen LogP contribution in [-0.2, 0) is 6.42 Å². The lowest BCUT2D eigenvalue weighted by Crippen LogP contribution is -2.05. The third-order valence-corrected chi connectivity index (χ3v) is 3.27. The van der Waals surface area contributed by atoms with Crippen LogP contribution in [0.15, 0.2) is 48.5 Å². The molecule has 2 aromatic rings. The molecule has 20 heavy (non-hydrogen) atoms. The molecule has 0 saturated carbocycles. The molecule has 0 heterocycles. The number of anilines is 1. The highest BCUT2D eigenvalue weighted by molar-refractivity contribution is 6.32. The fourth-order valence-electron chi connectivity index (χ4n) is 1.94. The van der Waals surface area contributed by atoms with Gasteiger partial charge in [-0.3, -0.25) is 0 Å². The lowest BCUT2D eigenvalue weighted by atomic mass is 10.1. The van der Waals surface area contributed by atoms with Gasteiger partial charge in [0.2, 0.25) is 0 Å². The van der Waals surface area contributed by atoms with Crippen molar-refractivity contribution in [2.75, 3.05) is 18.5 Å². The van der Waals surface area contributed by atoms with Crippen molar-refractivity contribution in [2.24, 2.45) is 0 Å². The molecule has 0 fully saturated rings. The van der Waals surface area contributed by atoms with Crippen molar-refractivity contribution < 1.29 is 4.74 Å². The Bertz CT molecular complexity index is 528. The molecule has 0 bridgehead atoms. The van der Waals surface area contributed by atoms with Crippen molar-refractivity contribution in [1.82, 2.24) is 0 Å². The molecule has 2 aromatic carbocycles. The van der Waals surface area contributed by atoms with Gasteiger partial charge in [0.25, 0.3) is 0 Å². The first kappa shape index (κ1) is 14.7. The Hall–Kier alpha value is -1.67. The summed E-state index contributed by atoms with van der Waals surface area (Å²) >= 11 is 6.20. The number of halogens is 1. The van der Waals surface area contributed by atoms with Crippen LogP contribution in [0.5, 0.6) is 5.75 Å². The molecule has 0 atom stereocenters. The molecule has 0 aliphatic carbocycles. The van der Waals surface area contributed by atoms with E-state index < -0.39 is 0 Å². The van der Waals surface area contributed by atoms with Gasteiger partial charge in [0, 0.05) is 12.2 Å². The molecule has 0 aliphatic heterocycles. The Morgan fingerprint density at radius 3 is 2.60 bits per heavy atom. The zero-order chi connectivity index (χ0) is 14.2. The summed E-state index contributed by atoms with van der Waals surface area (Å²) < 4.78 is 5.56. The third-order valence-electron chi connectivity index (χ3n) is 2.98. The van der Waals surface area contributed by atoms with Crippen molar-refractivity contribution in [3.05, 3.63) is 59.1 Å². The molecular weight excluding hydrogens is 270 g/mol. The van der Waals surface area contributed by atoms with Gasteiger partial charge in [0.15, 0.2) is 0 Å². The number of ether oxygens (including phenoxy) is 1. The molecule has 0 radical (unpaired) electrons. The Balaban J connectivity index is 1.85. The summed E-state index contributed by atoms with van der Waals surface area (Å²) in [6.07, 6.45) is 1.97. The average molecular weight is 290 g/mol. The molecule has 1 N–H and O–H groups in total. The highest BCUT2D eigenvalue weighted by atomic mass is 35.5. The number of benzene rings is 2. The SMILES string of the molecule is CCCOc1ccc(NCCc2ccccc2)cc1Cl. The second kappa shape index (κ2) is 7.81. The maximum atomic E-state index is 6.20. The Morgan fingerprint density at radius 1 is 1.10 bits per heavy atom. The minimum absolute atomic E-state index is 0.656. The number of nitrogens with one attached hydrogen (secondary N) is 1. The van der Waals surface area contributed by atoms with Gasteiger partial charge in [-0.25, -0.2) is 0 Å². The molecular formula is C17H20ClNO. The zero-order valence-electron chi connectivity index (χ0n) is 11.7. The van der Waals surface area contributed by atoms with Gasteiger partial charge in [-0.2, -0.15) is 0 Å². The zero-order valence-corrected chi connectivity index (χ0v) is 12.5. The van der Waals surface area contributed by atoms with E-state index in [0.717, 1.165) is 30.8 Å². The number of hydrogen-bond donors (Lipinski definition) is 1. The number of rotatable bonds is 7. The van der Waals surface area contributed by atoms with E-state index in [1.54, 1.807) is 0 Å². The van der Waals surface area contributed by atoms with Gasteiger partial charge in [-0.1, -0.05) is 48.9 Å². The first-order valence-electron chi connectivity index (χ1n) is 6.99. The highest BCUT2D eigenvalue weighted by Crippen LogP contribution is 2.27. The third kappa shape index (κ3) is 4.46. The predicted octanol–water partition coefficient (Wildman–Crippen LogP) is 4.78. The summed E-state index contributed by atoms with van der Waals surface area (Å²) in [5.41, 5.74) is 2.35. The summed E-state index contributed by atoms with van der Waals surface area (Å²) in [5, 5.41) is 4.03. The quantitative estimate of drug-likeness (QED) is 0.792. The van der Waals surface area contributed by atoms with E-state index >= 15 is 0 Å². The monoisotopic (exact) mass is 289 g/mol. The first-order valence-corrected chi connectivity index (χ1v) is 7.37. The second-order valence-corrected chi connectivity index (χ2v) is 5.06. The molecule has 0 saturated heterocycles. The summed E-state index contributed by atoms with van der Waals surface area (Å²) in [6, 6.07) is 16.3. The van der Waals surface area contributed by atoms with Crippen LogP contribution in [0.1, 0.15) is 18.9 Å². The molecule has 106 valence electrons. The largest absolute Gasteiger partial charge is 0.492 e. The summed E-state index contributed by atoms with van der Waals surface area (Å²) in [7, 11) is 0. The van der Waals surface area contributed by atoms with Gasteiger partial charge in [0.05, 0.1) is 11.6 Å². The lowest BCUT2D eigenvalue weighted by Gasteiger charge is -2.10.